The molecular weight excluding hydrogens is 316 g/mol. The van der Waals surface area contributed by atoms with Crippen LogP contribution in [0.1, 0.15) is 46.3 Å². The summed E-state index contributed by atoms with van der Waals surface area (Å²) in [6.45, 7) is 4.06. The molecule has 130 valence electrons. The molecule has 0 bridgehead atoms. The van der Waals surface area contributed by atoms with E-state index >= 15 is 0 Å². The van der Waals surface area contributed by atoms with E-state index in [0.29, 0.717) is 18.0 Å². The van der Waals surface area contributed by atoms with E-state index in [-0.39, 0.29) is 17.5 Å². The molecule has 0 atom stereocenters. The van der Waals surface area contributed by atoms with Crippen LogP contribution in [-0.4, -0.2) is 39.8 Å². The predicted molar refractivity (Wildman–Crippen MR) is 93.9 cm³/mol. The fourth-order valence-electron chi connectivity index (χ4n) is 2.85. The maximum absolute atomic E-state index is 12.6. The summed E-state index contributed by atoms with van der Waals surface area (Å²) in [6.07, 6.45) is 5.23. The van der Waals surface area contributed by atoms with Crippen molar-refractivity contribution in [1.29, 1.82) is 0 Å². The maximum Gasteiger partial charge on any atom is 0.270 e. The molecule has 1 saturated heterocycles. The molecule has 2 aromatic heterocycles. The van der Waals surface area contributed by atoms with Gasteiger partial charge in [0.05, 0.1) is 12.2 Å². The third-order valence-corrected chi connectivity index (χ3v) is 4.47. The second-order valence-electron chi connectivity index (χ2n) is 6.41. The third kappa shape index (κ3) is 4.41. The standard InChI is InChI=1S/C19H22N4O2/c1-14-6-10-23(11-7-14)19(25)15-5-9-21-17(12-15)18(24)22-13-16-4-2-3-8-20-16/h2-5,8-9,12,14H,6-7,10-11,13H2,1H3,(H,22,24). The molecule has 1 N–H and O–H groups in total. The van der Waals surface area contributed by atoms with Crippen LogP contribution in [0, 0.1) is 5.92 Å². The molecule has 1 fully saturated rings. The molecular formula is C19H22N4O2. The highest BCUT2D eigenvalue weighted by Gasteiger charge is 2.22. The topological polar surface area (TPSA) is 75.2 Å². The van der Waals surface area contributed by atoms with Crippen molar-refractivity contribution in [3.05, 3.63) is 59.7 Å². The summed E-state index contributed by atoms with van der Waals surface area (Å²) >= 11 is 0. The van der Waals surface area contributed by atoms with E-state index in [4.69, 9.17) is 0 Å². The van der Waals surface area contributed by atoms with Gasteiger partial charge >= 0.3 is 0 Å². The lowest BCUT2D eigenvalue weighted by atomic mass is 9.98. The van der Waals surface area contributed by atoms with Gasteiger partial charge in [0, 0.05) is 31.0 Å². The van der Waals surface area contributed by atoms with Crippen molar-refractivity contribution in [2.45, 2.75) is 26.3 Å². The Morgan fingerprint density at radius 3 is 2.68 bits per heavy atom. The van der Waals surface area contributed by atoms with Gasteiger partial charge in [-0.1, -0.05) is 13.0 Å². The number of hydrogen-bond donors (Lipinski definition) is 1. The van der Waals surface area contributed by atoms with E-state index in [1.165, 1.54) is 6.20 Å². The molecule has 1 aliphatic rings. The van der Waals surface area contributed by atoms with Crippen LogP contribution in [0.15, 0.2) is 42.7 Å². The molecule has 3 heterocycles. The van der Waals surface area contributed by atoms with E-state index in [1.807, 2.05) is 23.1 Å². The van der Waals surface area contributed by atoms with Crippen LogP contribution in [0.5, 0.6) is 0 Å². The first-order valence-corrected chi connectivity index (χ1v) is 8.57. The predicted octanol–water partition coefficient (Wildman–Crippen LogP) is 2.28. The number of aromatic nitrogens is 2. The van der Waals surface area contributed by atoms with Crippen LogP contribution in [0.4, 0.5) is 0 Å². The third-order valence-electron chi connectivity index (χ3n) is 4.47. The largest absolute Gasteiger partial charge is 0.345 e. The first kappa shape index (κ1) is 17.1. The van der Waals surface area contributed by atoms with Crippen LogP contribution in [0.2, 0.25) is 0 Å². The summed E-state index contributed by atoms with van der Waals surface area (Å²) < 4.78 is 0. The van der Waals surface area contributed by atoms with Crippen molar-refractivity contribution in [1.82, 2.24) is 20.2 Å². The Morgan fingerprint density at radius 2 is 1.96 bits per heavy atom. The summed E-state index contributed by atoms with van der Waals surface area (Å²) in [6, 6.07) is 8.75. The fourth-order valence-corrected chi connectivity index (χ4v) is 2.85. The van der Waals surface area contributed by atoms with E-state index in [1.54, 1.807) is 18.3 Å². The van der Waals surface area contributed by atoms with Crippen LogP contribution in [0.3, 0.4) is 0 Å². The van der Waals surface area contributed by atoms with Crippen LogP contribution in [-0.2, 0) is 6.54 Å². The number of carbonyl (C=O) groups excluding carboxylic acids is 2. The summed E-state index contributed by atoms with van der Waals surface area (Å²) in [5.74, 6) is 0.315. The van der Waals surface area contributed by atoms with Gasteiger partial charge in [0.1, 0.15) is 5.69 Å². The van der Waals surface area contributed by atoms with E-state index < -0.39 is 0 Å². The average molecular weight is 338 g/mol. The van der Waals surface area contributed by atoms with Gasteiger partial charge in [0.2, 0.25) is 0 Å². The molecule has 1 aliphatic heterocycles. The Hall–Kier alpha value is -2.76. The molecule has 2 amide bonds. The molecule has 0 spiro atoms. The first-order chi connectivity index (χ1) is 12.1. The van der Waals surface area contributed by atoms with Gasteiger partial charge in [-0.05, 0) is 43.0 Å². The van der Waals surface area contributed by atoms with Crippen molar-refractivity contribution in [3.63, 3.8) is 0 Å². The molecule has 0 aliphatic carbocycles. The van der Waals surface area contributed by atoms with Gasteiger partial charge in [-0.25, -0.2) is 0 Å². The lowest BCUT2D eigenvalue weighted by molar-refractivity contribution is 0.0697. The second kappa shape index (κ2) is 7.88. The number of piperidine rings is 1. The summed E-state index contributed by atoms with van der Waals surface area (Å²) in [7, 11) is 0. The molecule has 0 saturated carbocycles. The Balaban J connectivity index is 1.64. The minimum Gasteiger partial charge on any atom is -0.345 e. The SMILES string of the molecule is CC1CCN(C(=O)c2ccnc(C(=O)NCc3ccccn3)c2)CC1. The van der Waals surface area contributed by atoms with Crippen molar-refractivity contribution in [2.75, 3.05) is 13.1 Å². The van der Waals surface area contributed by atoms with Crippen LogP contribution >= 0.6 is 0 Å². The molecule has 3 rings (SSSR count). The van der Waals surface area contributed by atoms with E-state index in [9.17, 15) is 9.59 Å². The van der Waals surface area contributed by atoms with Crippen molar-refractivity contribution < 1.29 is 9.59 Å². The van der Waals surface area contributed by atoms with E-state index in [0.717, 1.165) is 31.6 Å². The van der Waals surface area contributed by atoms with Gasteiger partial charge < -0.3 is 10.2 Å². The minimum atomic E-state index is -0.312. The zero-order valence-electron chi connectivity index (χ0n) is 14.3. The Labute approximate surface area is 147 Å². The van der Waals surface area contributed by atoms with Gasteiger partial charge in [-0.15, -0.1) is 0 Å². The number of rotatable bonds is 4. The summed E-state index contributed by atoms with van der Waals surface area (Å²) in [4.78, 5) is 35.0. The van der Waals surface area contributed by atoms with Crippen molar-refractivity contribution >= 4 is 11.8 Å². The fraction of sp³-hybridized carbons (Fsp3) is 0.368. The number of carbonyl (C=O) groups is 2. The Bertz CT molecular complexity index is 740. The second-order valence-corrected chi connectivity index (χ2v) is 6.41. The molecule has 0 aromatic carbocycles. The quantitative estimate of drug-likeness (QED) is 0.928. The van der Waals surface area contributed by atoms with E-state index in [2.05, 4.69) is 22.2 Å². The molecule has 6 nitrogen and oxygen atoms in total. The number of pyridine rings is 2. The normalized spacial score (nSPS) is 15.0. The van der Waals surface area contributed by atoms with Crippen molar-refractivity contribution in [3.8, 4) is 0 Å². The van der Waals surface area contributed by atoms with Gasteiger partial charge in [-0.3, -0.25) is 19.6 Å². The lowest BCUT2D eigenvalue weighted by Gasteiger charge is -2.30. The average Bonchev–Trinajstić information content (AvgIpc) is 2.67. The monoisotopic (exact) mass is 338 g/mol. The number of hydrogen-bond acceptors (Lipinski definition) is 4. The van der Waals surface area contributed by atoms with Crippen LogP contribution < -0.4 is 5.32 Å². The summed E-state index contributed by atoms with van der Waals surface area (Å²) in [5, 5.41) is 2.78. The summed E-state index contributed by atoms with van der Waals surface area (Å²) in [5.41, 5.74) is 1.52. The molecule has 25 heavy (non-hydrogen) atoms. The number of nitrogens with zero attached hydrogens (tertiary/aromatic N) is 3. The van der Waals surface area contributed by atoms with Crippen molar-refractivity contribution in [2.24, 2.45) is 5.92 Å². The van der Waals surface area contributed by atoms with Gasteiger partial charge in [0.15, 0.2) is 0 Å². The highest BCUT2D eigenvalue weighted by Crippen LogP contribution is 2.18. The number of amides is 2. The number of likely N-dealkylation sites (tertiary alicyclic amines) is 1. The first-order valence-electron chi connectivity index (χ1n) is 8.57. The van der Waals surface area contributed by atoms with Crippen LogP contribution in [0.25, 0.3) is 0 Å². The Kier molecular flexibility index (Phi) is 5.38. The Morgan fingerprint density at radius 1 is 1.16 bits per heavy atom. The van der Waals surface area contributed by atoms with Gasteiger partial charge in [-0.2, -0.15) is 0 Å². The molecule has 0 unspecified atom stereocenters. The highest BCUT2D eigenvalue weighted by molar-refractivity contribution is 5.98. The molecule has 6 heteroatoms. The molecule has 0 radical (unpaired) electrons. The number of nitrogens with one attached hydrogen (secondary N) is 1. The zero-order valence-corrected chi connectivity index (χ0v) is 14.3. The smallest absolute Gasteiger partial charge is 0.270 e. The lowest BCUT2D eigenvalue weighted by Crippen LogP contribution is -2.38. The van der Waals surface area contributed by atoms with Gasteiger partial charge in [0.25, 0.3) is 11.8 Å². The maximum atomic E-state index is 12.6. The minimum absolute atomic E-state index is 0.0342. The molecule has 2 aromatic rings. The zero-order chi connectivity index (χ0) is 17.6. The highest BCUT2D eigenvalue weighted by atomic mass is 16.2.